The molecule has 19 heavy (non-hydrogen) atoms. The normalized spacial score (nSPS) is 12.7. The van der Waals surface area contributed by atoms with Crippen molar-refractivity contribution >= 4 is 15.9 Å². The van der Waals surface area contributed by atoms with Crippen LogP contribution in [0.3, 0.4) is 0 Å². The van der Waals surface area contributed by atoms with Crippen LogP contribution in [-0.2, 0) is 6.42 Å². The van der Waals surface area contributed by atoms with E-state index in [0.29, 0.717) is 0 Å². The number of hydrogen-bond acceptors (Lipinski definition) is 2. The zero-order valence-electron chi connectivity index (χ0n) is 11.9. The van der Waals surface area contributed by atoms with E-state index < -0.39 is 0 Å². The molecule has 0 saturated heterocycles. The number of nitrogens with zero attached hydrogens (tertiary/aromatic N) is 2. The largest absolute Gasteiger partial charge is 0.328 e. The van der Waals surface area contributed by atoms with Gasteiger partial charge in [-0.3, -0.25) is 0 Å². The van der Waals surface area contributed by atoms with Crippen LogP contribution in [0.5, 0.6) is 0 Å². The number of hydrogen-bond donors (Lipinski definition) is 1. The van der Waals surface area contributed by atoms with Crippen molar-refractivity contribution in [2.75, 3.05) is 0 Å². The highest BCUT2D eigenvalue weighted by molar-refractivity contribution is 9.10. The molecule has 4 heteroatoms. The number of halogens is 1. The third kappa shape index (κ3) is 2.90. The monoisotopic (exact) mass is 321 g/mol. The maximum absolute atomic E-state index is 5.87. The van der Waals surface area contributed by atoms with E-state index in [9.17, 15) is 0 Å². The van der Waals surface area contributed by atoms with E-state index in [1.54, 1.807) is 0 Å². The third-order valence-electron chi connectivity index (χ3n) is 3.32. The fourth-order valence-electron chi connectivity index (χ4n) is 2.26. The predicted molar refractivity (Wildman–Crippen MR) is 82.8 cm³/mol. The van der Waals surface area contributed by atoms with Crippen LogP contribution in [0.4, 0.5) is 0 Å². The van der Waals surface area contributed by atoms with Gasteiger partial charge < -0.3 is 5.73 Å². The summed E-state index contributed by atoms with van der Waals surface area (Å²) in [6.45, 7) is 8.23. The molecule has 0 amide bonds. The van der Waals surface area contributed by atoms with Crippen molar-refractivity contribution in [1.29, 1.82) is 0 Å². The molecule has 2 aromatic rings. The Bertz CT molecular complexity index is 600. The van der Waals surface area contributed by atoms with Gasteiger partial charge in [0.1, 0.15) is 0 Å². The third-order valence-corrected chi connectivity index (χ3v) is 4.46. The zero-order chi connectivity index (χ0) is 14.2. The van der Waals surface area contributed by atoms with E-state index in [1.165, 1.54) is 11.1 Å². The van der Waals surface area contributed by atoms with E-state index in [4.69, 9.17) is 5.73 Å². The van der Waals surface area contributed by atoms with Gasteiger partial charge in [0.15, 0.2) is 0 Å². The zero-order valence-corrected chi connectivity index (χ0v) is 13.5. The van der Waals surface area contributed by atoms with Gasteiger partial charge in [-0.15, -0.1) is 0 Å². The highest BCUT2D eigenvalue weighted by Crippen LogP contribution is 2.24. The van der Waals surface area contributed by atoms with Gasteiger partial charge >= 0.3 is 0 Å². The Morgan fingerprint density at radius 2 is 2.00 bits per heavy atom. The van der Waals surface area contributed by atoms with Gasteiger partial charge in [0.2, 0.25) is 0 Å². The lowest BCUT2D eigenvalue weighted by Gasteiger charge is -2.11. The minimum Gasteiger partial charge on any atom is -0.328 e. The van der Waals surface area contributed by atoms with Gasteiger partial charge in [-0.25, -0.2) is 4.68 Å². The highest BCUT2D eigenvalue weighted by atomic mass is 79.9. The predicted octanol–water partition coefficient (Wildman–Crippen LogP) is 3.45. The van der Waals surface area contributed by atoms with Gasteiger partial charge in [0.05, 0.1) is 21.5 Å². The van der Waals surface area contributed by atoms with Gasteiger partial charge in [0.25, 0.3) is 0 Å². The molecule has 3 nitrogen and oxygen atoms in total. The second kappa shape index (κ2) is 5.47. The molecular formula is C15H20BrN3. The minimum atomic E-state index is 0.187. The lowest BCUT2D eigenvalue weighted by molar-refractivity contribution is 0.733. The minimum absolute atomic E-state index is 0.187. The number of aromatic nitrogens is 2. The fraction of sp³-hybridized carbons (Fsp3) is 0.400. The number of nitrogens with two attached hydrogens (primary N) is 1. The lowest BCUT2D eigenvalue weighted by Crippen LogP contribution is -2.18. The van der Waals surface area contributed by atoms with Gasteiger partial charge in [0, 0.05) is 6.04 Å². The molecule has 1 aromatic heterocycles. The first-order valence-electron chi connectivity index (χ1n) is 6.47. The number of aryl methyl sites for hydroxylation is 2. The molecule has 2 rings (SSSR count). The molecule has 0 aliphatic heterocycles. The second-order valence-corrected chi connectivity index (χ2v) is 5.98. The van der Waals surface area contributed by atoms with Crippen molar-refractivity contribution in [2.45, 2.75) is 40.2 Å². The van der Waals surface area contributed by atoms with Gasteiger partial charge in [-0.05, 0) is 73.3 Å². The van der Waals surface area contributed by atoms with Crippen LogP contribution >= 0.6 is 15.9 Å². The van der Waals surface area contributed by atoms with E-state index in [-0.39, 0.29) is 6.04 Å². The molecule has 0 bridgehead atoms. The molecular weight excluding hydrogens is 302 g/mol. The van der Waals surface area contributed by atoms with Crippen LogP contribution < -0.4 is 5.73 Å². The van der Waals surface area contributed by atoms with Crippen LogP contribution in [-0.4, -0.2) is 15.8 Å². The average Bonchev–Trinajstić information content (AvgIpc) is 2.59. The first-order chi connectivity index (χ1) is 8.90. The fourth-order valence-corrected chi connectivity index (χ4v) is 2.51. The van der Waals surface area contributed by atoms with Crippen molar-refractivity contribution in [3.8, 4) is 5.69 Å². The molecule has 0 fully saturated rings. The van der Waals surface area contributed by atoms with Crippen LogP contribution in [0, 0.1) is 20.8 Å². The van der Waals surface area contributed by atoms with E-state index in [2.05, 4.69) is 53.1 Å². The Morgan fingerprint density at radius 3 is 2.47 bits per heavy atom. The van der Waals surface area contributed by atoms with Crippen molar-refractivity contribution in [3.05, 3.63) is 45.2 Å². The summed E-state index contributed by atoms with van der Waals surface area (Å²) < 4.78 is 3.05. The standard InChI is InChI=1S/C15H20BrN3/c1-9-7-14(6-5-13(9)8-10(2)17)19-12(4)15(16)11(3)18-19/h5-7,10H,8,17H2,1-4H3. The highest BCUT2D eigenvalue weighted by Gasteiger charge is 2.11. The van der Waals surface area contributed by atoms with Crippen LogP contribution in [0.25, 0.3) is 5.69 Å². The van der Waals surface area contributed by atoms with E-state index >= 15 is 0 Å². The Kier molecular flexibility index (Phi) is 4.11. The molecule has 1 atom stereocenters. The SMILES string of the molecule is Cc1cc(-n2nc(C)c(Br)c2C)ccc1CC(C)N. The summed E-state index contributed by atoms with van der Waals surface area (Å²) in [6.07, 6.45) is 0.910. The molecule has 0 aliphatic rings. The van der Waals surface area contributed by atoms with Crippen molar-refractivity contribution in [1.82, 2.24) is 9.78 Å². The number of benzene rings is 1. The first-order valence-corrected chi connectivity index (χ1v) is 7.26. The lowest BCUT2D eigenvalue weighted by atomic mass is 10.0. The maximum atomic E-state index is 5.87. The topological polar surface area (TPSA) is 43.8 Å². The molecule has 1 heterocycles. The van der Waals surface area contributed by atoms with Gasteiger partial charge in [-0.2, -0.15) is 5.10 Å². The van der Waals surface area contributed by atoms with Gasteiger partial charge in [-0.1, -0.05) is 6.07 Å². The summed E-state index contributed by atoms with van der Waals surface area (Å²) in [4.78, 5) is 0. The molecule has 0 radical (unpaired) electrons. The van der Waals surface area contributed by atoms with E-state index in [0.717, 1.165) is 28.0 Å². The average molecular weight is 322 g/mol. The molecule has 0 saturated carbocycles. The summed E-state index contributed by atoms with van der Waals surface area (Å²) in [5.41, 5.74) is 11.7. The summed E-state index contributed by atoms with van der Waals surface area (Å²) in [5, 5.41) is 4.56. The van der Waals surface area contributed by atoms with Crippen molar-refractivity contribution in [2.24, 2.45) is 5.73 Å². The molecule has 0 spiro atoms. The maximum Gasteiger partial charge on any atom is 0.0743 e. The molecule has 102 valence electrons. The molecule has 1 aromatic carbocycles. The summed E-state index contributed by atoms with van der Waals surface area (Å²) in [5.74, 6) is 0. The van der Waals surface area contributed by atoms with Crippen molar-refractivity contribution in [3.63, 3.8) is 0 Å². The quantitative estimate of drug-likeness (QED) is 0.940. The summed E-state index contributed by atoms with van der Waals surface area (Å²) in [7, 11) is 0. The first kappa shape index (κ1) is 14.3. The van der Waals surface area contributed by atoms with Crippen LogP contribution in [0.15, 0.2) is 22.7 Å². The van der Waals surface area contributed by atoms with Crippen molar-refractivity contribution < 1.29 is 0 Å². The smallest absolute Gasteiger partial charge is 0.0743 e. The Labute approximate surface area is 122 Å². The molecule has 2 N–H and O–H groups in total. The van der Waals surface area contributed by atoms with E-state index in [1.807, 2.05) is 18.5 Å². The Hall–Kier alpha value is -1.13. The second-order valence-electron chi connectivity index (χ2n) is 5.19. The Morgan fingerprint density at radius 1 is 1.32 bits per heavy atom. The summed E-state index contributed by atoms with van der Waals surface area (Å²) >= 11 is 3.56. The Balaban J connectivity index is 2.41. The van der Waals surface area contributed by atoms with Crippen LogP contribution in [0.2, 0.25) is 0 Å². The number of rotatable bonds is 3. The molecule has 0 aliphatic carbocycles. The summed E-state index contributed by atoms with van der Waals surface area (Å²) in [6, 6.07) is 6.62. The van der Waals surface area contributed by atoms with Crippen LogP contribution in [0.1, 0.15) is 29.4 Å². The molecule has 1 unspecified atom stereocenters.